The van der Waals surface area contributed by atoms with E-state index in [1.165, 1.54) is 10.4 Å². The Bertz CT molecular complexity index is 995. The second kappa shape index (κ2) is 6.66. The van der Waals surface area contributed by atoms with Gasteiger partial charge in [0.1, 0.15) is 5.82 Å². The van der Waals surface area contributed by atoms with Crippen molar-refractivity contribution in [1.82, 2.24) is 4.90 Å². The lowest BCUT2D eigenvalue weighted by Gasteiger charge is -2.44. The molecule has 0 radical (unpaired) electrons. The number of sulfonamides is 1. The number of carbonyl (C=O) groups excluding carboxylic acids is 1. The van der Waals surface area contributed by atoms with E-state index in [2.05, 4.69) is 11.4 Å². The number of nitrogens with zero attached hydrogens (tertiary/aromatic N) is 1. The van der Waals surface area contributed by atoms with Crippen molar-refractivity contribution in [3.05, 3.63) is 51.5 Å². The molecule has 1 aromatic carbocycles. The second-order valence-corrected chi connectivity index (χ2v) is 9.39. The van der Waals surface area contributed by atoms with Crippen LogP contribution in [0.1, 0.15) is 33.6 Å². The molecule has 2 N–H and O–H groups in total. The van der Waals surface area contributed by atoms with E-state index in [0.29, 0.717) is 32.5 Å². The number of benzene rings is 1. The van der Waals surface area contributed by atoms with Crippen molar-refractivity contribution < 1.29 is 22.3 Å². The van der Waals surface area contributed by atoms with E-state index in [1.54, 1.807) is 16.2 Å². The van der Waals surface area contributed by atoms with Crippen LogP contribution in [0.2, 0.25) is 0 Å². The third-order valence-electron chi connectivity index (χ3n) is 5.30. The van der Waals surface area contributed by atoms with Crippen LogP contribution < -0.4 is 5.14 Å². The Balaban J connectivity index is 1.55. The maximum atomic E-state index is 14.2. The highest BCUT2D eigenvalue weighted by atomic mass is 32.2. The van der Waals surface area contributed by atoms with Gasteiger partial charge in [0.25, 0.3) is 5.91 Å². The summed E-state index contributed by atoms with van der Waals surface area (Å²) in [5.74, 6) is -1.30. The first-order valence-corrected chi connectivity index (χ1v) is 11.1. The largest absolute Gasteiger partial charge is 0.370 e. The molecule has 1 aromatic heterocycles. The summed E-state index contributed by atoms with van der Waals surface area (Å²) in [7, 11) is -4.01. The van der Waals surface area contributed by atoms with Crippen LogP contribution in [0.4, 0.5) is 4.39 Å². The minimum absolute atomic E-state index is 0.278. The molecule has 1 spiro atoms. The molecule has 2 aliphatic rings. The summed E-state index contributed by atoms with van der Waals surface area (Å²) in [6.45, 7) is 1.48. The number of thiophene rings is 1. The number of rotatable bonds is 2. The summed E-state index contributed by atoms with van der Waals surface area (Å²) in [6, 6.07) is 5.11. The van der Waals surface area contributed by atoms with Gasteiger partial charge in [-0.1, -0.05) is 0 Å². The summed E-state index contributed by atoms with van der Waals surface area (Å²) >= 11 is 1.72. The Labute approximate surface area is 160 Å². The minimum Gasteiger partial charge on any atom is -0.370 e. The number of carbonyl (C=O) groups is 1. The number of halogens is 1. The van der Waals surface area contributed by atoms with Crippen LogP contribution in [0.15, 0.2) is 34.5 Å². The molecule has 0 saturated carbocycles. The maximum Gasteiger partial charge on any atom is 0.256 e. The molecule has 2 aliphatic heterocycles. The van der Waals surface area contributed by atoms with E-state index in [0.717, 1.165) is 24.6 Å². The zero-order valence-corrected chi connectivity index (χ0v) is 16.1. The molecule has 1 saturated heterocycles. The van der Waals surface area contributed by atoms with Gasteiger partial charge in [-0.2, -0.15) is 0 Å². The van der Waals surface area contributed by atoms with Crippen molar-refractivity contribution in [3.63, 3.8) is 0 Å². The van der Waals surface area contributed by atoms with Gasteiger partial charge >= 0.3 is 0 Å². The van der Waals surface area contributed by atoms with Crippen molar-refractivity contribution in [2.24, 2.45) is 5.14 Å². The fourth-order valence-electron chi connectivity index (χ4n) is 3.86. The normalized spacial score (nSPS) is 19.1. The van der Waals surface area contributed by atoms with Gasteiger partial charge in [0.05, 0.1) is 22.7 Å². The highest BCUT2D eigenvalue weighted by Gasteiger charge is 2.42. The molecule has 0 bridgehead atoms. The predicted molar refractivity (Wildman–Crippen MR) is 98.6 cm³/mol. The van der Waals surface area contributed by atoms with E-state index in [1.807, 2.05) is 0 Å². The van der Waals surface area contributed by atoms with E-state index in [4.69, 9.17) is 9.88 Å². The highest BCUT2D eigenvalue weighted by Crippen LogP contribution is 2.43. The summed E-state index contributed by atoms with van der Waals surface area (Å²) in [5.41, 5.74) is 0.539. The van der Waals surface area contributed by atoms with Gasteiger partial charge in [-0.25, -0.2) is 17.9 Å². The summed E-state index contributed by atoms with van der Waals surface area (Å²) < 4.78 is 43.3. The number of ether oxygens (including phenoxy) is 1. The van der Waals surface area contributed by atoms with Gasteiger partial charge < -0.3 is 9.64 Å². The summed E-state index contributed by atoms with van der Waals surface area (Å²) in [5, 5.41) is 7.15. The number of nitrogens with two attached hydrogens (primary N) is 1. The number of piperidine rings is 1. The van der Waals surface area contributed by atoms with Crippen molar-refractivity contribution in [3.8, 4) is 0 Å². The third-order valence-corrected chi connectivity index (χ3v) is 7.19. The van der Waals surface area contributed by atoms with E-state index >= 15 is 0 Å². The van der Waals surface area contributed by atoms with Gasteiger partial charge in [0, 0.05) is 24.4 Å². The van der Waals surface area contributed by atoms with Gasteiger partial charge in [-0.3, -0.25) is 4.79 Å². The Morgan fingerprint density at radius 1 is 1.26 bits per heavy atom. The van der Waals surface area contributed by atoms with Crippen LogP contribution in [-0.2, 0) is 26.8 Å². The van der Waals surface area contributed by atoms with Crippen molar-refractivity contribution in [2.75, 3.05) is 19.7 Å². The van der Waals surface area contributed by atoms with Crippen LogP contribution in [0.3, 0.4) is 0 Å². The number of likely N-dealkylation sites (tertiary alicyclic amines) is 1. The second-order valence-electron chi connectivity index (χ2n) is 6.83. The molecule has 4 rings (SSSR count). The number of fused-ring (bicyclic) bond motifs is 2. The zero-order chi connectivity index (χ0) is 19.2. The quantitative estimate of drug-likeness (QED) is 0.822. The molecule has 2 aromatic rings. The molecule has 0 atom stereocenters. The number of amides is 1. The number of primary sulfonamides is 1. The molecule has 27 heavy (non-hydrogen) atoms. The van der Waals surface area contributed by atoms with Crippen LogP contribution in [0.5, 0.6) is 0 Å². The third kappa shape index (κ3) is 3.29. The van der Waals surface area contributed by atoms with Gasteiger partial charge in [0.15, 0.2) is 0 Å². The molecular weight excluding hydrogens is 391 g/mol. The smallest absolute Gasteiger partial charge is 0.256 e. The maximum absolute atomic E-state index is 14.2. The Kier molecular flexibility index (Phi) is 4.58. The number of hydrogen-bond acceptors (Lipinski definition) is 5. The Hall–Kier alpha value is -1.81. The SMILES string of the molecule is NS(=O)(=O)c1ccc(F)c(C(=O)N2CCC3(CC2)OCCc2sccc23)c1. The summed E-state index contributed by atoms with van der Waals surface area (Å²) in [6.07, 6.45) is 2.15. The first kappa shape index (κ1) is 18.5. The van der Waals surface area contributed by atoms with Gasteiger partial charge in [0.2, 0.25) is 10.0 Å². The molecule has 1 fully saturated rings. The van der Waals surface area contributed by atoms with Gasteiger partial charge in [-0.15, -0.1) is 11.3 Å². The molecule has 1 amide bonds. The summed E-state index contributed by atoms with van der Waals surface area (Å²) in [4.78, 5) is 15.4. The van der Waals surface area contributed by atoms with Crippen molar-refractivity contribution in [2.45, 2.75) is 29.8 Å². The molecule has 3 heterocycles. The highest BCUT2D eigenvalue weighted by molar-refractivity contribution is 7.89. The minimum atomic E-state index is -4.01. The molecule has 0 aliphatic carbocycles. The van der Waals surface area contributed by atoms with Crippen LogP contribution >= 0.6 is 11.3 Å². The molecular formula is C18H19FN2O4S2. The fourth-order valence-corrected chi connectivity index (χ4v) is 5.35. The Morgan fingerprint density at radius 2 is 2.00 bits per heavy atom. The zero-order valence-electron chi connectivity index (χ0n) is 14.5. The van der Waals surface area contributed by atoms with E-state index < -0.39 is 21.7 Å². The van der Waals surface area contributed by atoms with E-state index in [-0.39, 0.29) is 16.1 Å². The molecule has 144 valence electrons. The number of hydrogen-bond donors (Lipinski definition) is 1. The molecule has 0 unspecified atom stereocenters. The molecule has 6 nitrogen and oxygen atoms in total. The lowest BCUT2D eigenvalue weighted by atomic mass is 9.82. The Morgan fingerprint density at radius 3 is 2.70 bits per heavy atom. The van der Waals surface area contributed by atoms with Crippen LogP contribution in [0.25, 0.3) is 0 Å². The van der Waals surface area contributed by atoms with Gasteiger partial charge in [-0.05, 0) is 48.1 Å². The average Bonchev–Trinajstić information content (AvgIpc) is 3.12. The average molecular weight is 410 g/mol. The first-order valence-electron chi connectivity index (χ1n) is 8.63. The lowest BCUT2D eigenvalue weighted by molar-refractivity contribution is -0.0926. The van der Waals surface area contributed by atoms with Crippen LogP contribution in [0, 0.1) is 5.82 Å². The molecule has 9 heteroatoms. The standard InChI is InChI=1S/C18H19FN2O4S2/c19-15-2-1-12(27(20,23)24)11-13(15)17(22)21-7-5-18(6-8-21)14-4-10-26-16(14)3-9-25-18/h1-2,4,10-11H,3,5-9H2,(H2,20,23,24). The van der Waals surface area contributed by atoms with E-state index in [9.17, 15) is 17.6 Å². The predicted octanol–water partition coefficient (Wildman–Crippen LogP) is 2.24. The van der Waals surface area contributed by atoms with Crippen LogP contribution in [-0.4, -0.2) is 38.9 Å². The fraction of sp³-hybridized carbons (Fsp3) is 0.389. The van der Waals surface area contributed by atoms with Crippen molar-refractivity contribution in [1.29, 1.82) is 0 Å². The topological polar surface area (TPSA) is 89.7 Å². The monoisotopic (exact) mass is 410 g/mol. The lowest BCUT2D eigenvalue weighted by Crippen LogP contribution is -2.48. The first-order chi connectivity index (χ1) is 12.8. The van der Waals surface area contributed by atoms with Crippen molar-refractivity contribution >= 4 is 27.3 Å².